The number of rotatable bonds is 5. The van der Waals surface area contributed by atoms with Crippen LogP contribution in [0.3, 0.4) is 0 Å². The van der Waals surface area contributed by atoms with E-state index in [1.165, 1.54) is 0 Å². The molecule has 1 amide bonds. The van der Waals surface area contributed by atoms with Gasteiger partial charge in [0.2, 0.25) is 5.95 Å². The zero-order valence-corrected chi connectivity index (χ0v) is 13.5. The minimum Gasteiger partial charge on any atom is -0.481 e. The Hall–Kier alpha value is -3.15. The average molecular weight is 322 g/mol. The lowest BCUT2D eigenvalue weighted by molar-refractivity contribution is -0.122. The van der Waals surface area contributed by atoms with E-state index in [0.717, 1.165) is 11.1 Å². The third-order valence-electron chi connectivity index (χ3n) is 3.47. The summed E-state index contributed by atoms with van der Waals surface area (Å²) >= 11 is 0. The molecule has 2 N–H and O–H groups in total. The smallest absolute Gasteiger partial charge is 0.267 e. The molecule has 2 aromatic carbocycles. The zero-order chi connectivity index (χ0) is 16.9. The van der Waals surface area contributed by atoms with Gasteiger partial charge in [0.15, 0.2) is 11.9 Å². The molecule has 0 aliphatic carbocycles. The molecule has 1 atom stereocenters. The molecule has 0 radical (unpaired) electrons. The Balaban J connectivity index is 1.62. The van der Waals surface area contributed by atoms with Crippen LogP contribution >= 0.6 is 0 Å². The van der Waals surface area contributed by atoms with E-state index in [4.69, 9.17) is 4.74 Å². The summed E-state index contributed by atoms with van der Waals surface area (Å²) in [6.45, 7) is 3.67. The first-order valence-electron chi connectivity index (χ1n) is 7.64. The van der Waals surface area contributed by atoms with Crippen molar-refractivity contribution in [2.75, 3.05) is 5.32 Å². The predicted molar refractivity (Wildman–Crippen MR) is 91.7 cm³/mol. The number of hydrogen-bond acceptors (Lipinski definition) is 4. The topological polar surface area (TPSA) is 79.9 Å². The van der Waals surface area contributed by atoms with Crippen LogP contribution in [0.1, 0.15) is 12.5 Å². The molecule has 3 rings (SSSR count). The highest BCUT2D eigenvalue weighted by molar-refractivity contribution is 5.92. The van der Waals surface area contributed by atoms with Crippen LogP contribution in [0.25, 0.3) is 11.4 Å². The van der Waals surface area contributed by atoms with Gasteiger partial charge >= 0.3 is 0 Å². The van der Waals surface area contributed by atoms with Crippen molar-refractivity contribution in [1.82, 2.24) is 15.2 Å². The third kappa shape index (κ3) is 3.78. The van der Waals surface area contributed by atoms with Gasteiger partial charge < -0.3 is 4.74 Å². The summed E-state index contributed by atoms with van der Waals surface area (Å²) in [4.78, 5) is 16.5. The van der Waals surface area contributed by atoms with Crippen molar-refractivity contribution in [2.45, 2.75) is 20.0 Å². The number of amides is 1. The number of nitrogens with one attached hydrogen (secondary N) is 2. The van der Waals surface area contributed by atoms with Crippen LogP contribution in [0, 0.1) is 6.92 Å². The van der Waals surface area contributed by atoms with Crippen LogP contribution in [-0.2, 0) is 4.79 Å². The van der Waals surface area contributed by atoms with Crippen molar-refractivity contribution in [3.63, 3.8) is 0 Å². The standard InChI is InChI=1S/C18H18N4O2/c1-12-8-10-15(11-9-12)24-13(2)17(23)20-18-19-16(21-22-18)14-6-4-3-5-7-14/h3-11,13H,1-2H3,(H2,19,20,21,22,23)/t13-/m0/s1. The van der Waals surface area contributed by atoms with Gasteiger partial charge in [0.05, 0.1) is 0 Å². The quantitative estimate of drug-likeness (QED) is 0.756. The van der Waals surface area contributed by atoms with Gasteiger partial charge in [-0.25, -0.2) is 0 Å². The van der Waals surface area contributed by atoms with Crippen molar-refractivity contribution in [1.29, 1.82) is 0 Å². The highest BCUT2D eigenvalue weighted by atomic mass is 16.5. The minimum atomic E-state index is -0.661. The van der Waals surface area contributed by atoms with Crippen molar-refractivity contribution >= 4 is 11.9 Å². The summed E-state index contributed by atoms with van der Waals surface area (Å²) in [5.74, 6) is 1.15. The Kier molecular flexibility index (Phi) is 4.56. The maximum absolute atomic E-state index is 12.2. The molecular formula is C18H18N4O2. The second kappa shape index (κ2) is 6.95. The molecule has 0 saturated carbocycles. The lowest BCUT2D eigenvalue weighted by Gasteiger charge is -2.13. The summed E-state index contributed by atoms with van der Waals surface area (Å²) in [7, 11) is 0. The van der Waals surface area contributed by atoms with E-state index in [-0.39, 0.29) is 11.9 Å². The molecule has 6 heteroatoms. The summed E-state index contributed by atoms with van der Waals surface area (Å²) in [6, 6.07) is 17.1. The number of benzene rings is 2. The second-order valence-electron chi connectivity index (χ2n) is 5.44. The number of aromatic amines is 1. The fraction of sp³-hybridized carbons (Fsp3) is 0.167. The first-order chi connectivity index (χ1) is 11.6. The first-order valence-corrected chi connectivity index (χ1v) is 7.64. The van der Waals surface area contributed by atoms with Gasteiger partial charge in [-0.2, -0.15) is 4.98 Å². The molecule has 24 heavy (non-hydrogen) atoms. The predicted octanol–water partition coefficient (Wildman–Crippen LogP) is 3.19. The molecule has 1 aromatic heterocycles. The first kappa shape index (κ1) is 15.7. The molecule has 3 aromatic rings. The number of ether oxygens (including phenoxy) is 1. The number of carbonyl (C=O) groups is 1. The molecule has 1 heterocycles. The van der Waals surface area contributed by atoms with E-state index < -0.39 is 6.10 Å². The van der Waals surface area contributed by atoms with E-state index in [0.29, 0.717) is 11.6 Å². The van der Waals surface area contributed by atoms with E-state index in [1.54, 1.807) is 6.92 Å². The van der Waals surface area contributed by atoms with Crippen molar-refractivity contribution in [3.8, 4) is 17.1 Å². The van der Waals surface area contributed by atoms with E-state index >= 15 is 0 Å². The Bertz CT molecular complexity index is 813. The number of carbonyl (C=O) groups excluding carboxylic acids is 1. The molecule has 122 valence electrons. The number of H-pyrrole nitrogens is 1. The average Bonchev–Trinajstić information content (AvgIpc) is 3.06. The lowest BCUT2D eigenvalue weighted by atomic mass is 10.2. The van der Waals surface area contributed by atoms with E-state index in [9.17, 15) is 4.79 Å². The zero-order valence-electron chi connectivity index (χ0n) is 13.5. The van der Waals surface area contributed by atoms with Crippen molar-refractivity contribution in [2.24, 2.45) is 0 Å². The third-order valence-corrected chi connectivity index (χ3v) is 3.47. The number of anilines is 1. The van der Waals surface area contributed by atoms with Crippen LogP contribution in [0.15, 0.2) is 54.6 Å². The maximum Gasteiger partial charge on any atom is 0.267 e. The molecule has 0 aliphatic rings. The minimum absolute atomic E-state index is 0.221. The molecule has 0 aliphatic heterocycles. The molecule has 0 unspecified atom stereocenters. The fourth-order valence-electron chi connectivity index (χ4n) is 2.13. The number of aromatic nitrogens is 3. The van der Waals surface area contributed by atoms with Crippen LogP contribution in [-0.4, -0.2) is 27.2 Å². The van der Waals surface area contributed by atoms with Crippen LogP contribution < -0.4 is 10.1 Å². The second-order valence-corrected chi connectivity index (χ2v) is 5.44. The van der Waals surface area contributed by atoms with Gasteiger partial charge in [0.25, 0.3) is 5.91 Å². The summed E-state index contributed by atoms with van der Waals surface area (Å²) in [5, 5.41) is 9.46. The largest absolute Gasteiger partial charge is 0.481 e. The van der Waals surface area contributed by atoms with Gasteiger partial charge in [-0.3, -0.25) is 15.2 Å². The summed E-state index contributed by atoms with van der Waals surface area (Å²) in [5.41, 5.74) is 2.03. The number of nitrogens with zero attached hydrogens (tertiary/aromatic N) is 2. The highest BCUT2D eigenvalue weighted by Gasteiger charge is 2.17. The van der Waals surface area contributed by atoms with Gasteiger partial charge in [0, 0.05) is 5.56 Å². The Morgan fingerprint density at radius 3 is 2.54 bits per heavy atom. The molecule has 0 fully saturated rings. The van der Waals surface area contributed by atoms with Crippen molar-refractivity contribution < 1.29 is 9.53 Å². The Morgan fingerprint density at radius 2 is 1.83 bits per heavy atom. The van der Waals surface area contributed by atoms with Gasteiger partial charge in [-0.1, -0.05) is 48.0 Å². The highest BCUT2D eigenvalue weighted by Crippen LogP contribution is 2.16. The number of aryl methyl sites for hydroxylation is 1. The SMILES string of the molecule is Cc1ccc(O[C@@H](C)C(=O)Nc2n[nH]c(-c3ccccc3)n2)cc1. The maximum atomic E-state index is 12.2. The Morgan fingerprint density at radius 1 is 1.12 bits per heavy atom. The van der Waals surface area contributed by atoms with Gasteiger partial charge in [-0.05, 0) is 26.0 Å². The van der Waals surface area contributed by atoms with Crippen molar-refractivity contribution in [3.05, 3.63) is 60.2 Å². The molecule has 0 saturated heterocycles. The lowest BCUT2D eigenvalue weighted by Crippen LogP contribution is -2.30. The normalized spacial score (nSPS) is 11.8. The molecule has 6 nitrogen and oxygen atoms in total. The van der Waals surface area contributed by atoms with Crippen LogP contribution in [0.5, 0.6) is 5.75 Å². The number of hydrogen-bond donors (Lipinski definition) is 2. The molecular weight excluding hydrogens is 304 g/mol. The Labute approximate surface area is 139 Å². The van der Waals surface area contributed by atoms with Gasteiger partial charge in [0.1, 0.15) is 5.75 Å². The summed E-state index contributed by atoms with van der Waals surface area (Å²) in [6.07, 6.45) is -0.661. The molecule has 0 bridgehead atoms. The van der Waals surface area contributed by atoms with E-state index in [2.05, 4.69) is 20.5 Å². The summed E-state index contributed by atoms with van der Waals surface area (Å²) < 4.78 is 5.62. The molecule has 0 spiro atoms. The monoisotopic (exact) mass is 322 g/mol. The fourth-order valence-corrected chi connectivity index (χ4v) is 2.13. The van der Waals surface area contributed by atoms with Crippen LogP contribution in [0.2, 0.25) is 0 Å². The van der Waals surface area contributed by atoms with Crippen LogP contribution in [0.4, 0.5) is 5.95 Å². The van der Waals surface area contributed by atoms with Gasteiger partial charge in [-0.15, -0.1) is 5.10 Å². The van der Waals surface area contributed by atoms with E-state index in [1.807, 2.05) is 61.5 Å².